The zero-order valence-corrected chi connectivity index (χ0v) is 17.9. The van der Waals surface area contributed by atoms with Crippen LogP contribution in [-0.2, 0) is 20.8 Å². The van der Waals surface area contributed by atoms with Gasteiger partial charge in [-0.1, -0.05) is 6.07 Å². The van der Waals surface area contributed by atoms with Gasteiger partial charge in [0.05, 0.1) is 34.5 Å². The van der Waals surface area contributed by atoms with E-state index in [-0.39, 0.29) is 5.97 Å². The van der Waals surface area contributed by atoms with Gasteiger partial charge < -0.3 is 18.9 Å². The molecule has 29 heavy (non-hydrogen) atoms. The second kappa shape index (κ2) is 10.8. The topological polar surface area (TPSA) is 60.5 Å². The lowest BCUT2D eigenvalue weighted by Gasteiger charge is -2.45. The van der Waals surface area contributed by atoms with Gasteiger partial charge in [-0.2, -0.15) is 0 Å². The Balaban J connectivity index is 1.67. The third kappa shape index (κ3) is 5.84. The molecule has 7 heteroatoms. The smallest absolute Gasteiger partial charge is 0.305 e. The number of carbonyl (C=O) groups is 1. The molecule has 0 unspecified atom stereocenters. The summed E-state index contributed by atoms with van der Waals surface area (Å²) < 4.78 is 21.3. The van der Waals surface area contributed by atoms with Gasteiger partial charge in [-0.15, -0.1) is 0 Å². The average molecular weight is 407 g/mol. The highest BCUT2D eigenvalue weighted by atomic mass is 16.5. The number of morpholine rings is 1. The number of hydrogen-bond donors (Lipinski definition) is 0. The highest BCUT2D eigenvalue weighted by molar-refractivity contribution is 5.69. The number of likely N-dealkylation sites (tertiary alicyclic amines) is 1. The summed E-state index contributed by atoms with van der Waals surface area (Å²) in [6.45, 7) is 6.38. The van der Waals surface area contributed by atoms with Gasteiger partial charge in [0, 0.05) is 50.3 Å². The van der Waals surface area contributed by atoms with Crippen LogP contribution in [0.4, 0.5) is 0 Å². The summed E-state index contributed by atoms with van der Waals surface area (Å²) in [5.41, 5.74) is 1.16. The third-order valence-corrected chi connectivity index (χ3v) is 6.13. The van der Waals surface area contributed by atoms with Crippen molar-refractivity contribution >= 4 is 5.97 Å². The molecular formula is C22H34N2O5. The molecule has 1 aromatic rings. The van der Waals surface area contributed by atoms with E-state index in [1.54, 1.807) is 14.2 Å². The Morgan fingerprint density at radius 1 is 1.14 bits per heavy atom. The fourth-order valence-electron chi connectivity index (χ4n) is 4.54. The van der Waals surface area contributed by atoms with Crippen LogP contribution < -0.4 is 9.47 Å². The first-order valence-electron chi connectivity index (χ1n) is 10.5. The third-order valence-electron chi connectivity index (χ3n) is 6.13. The van der Waals surface area contributed by atoms with E-state index in [1.165, 1.54) is 7.11 Å². The number of carbonyl (C=O) groups excluding carboxylic acids is 1. The quantitative estimate of drug-likeness (QED) is 0.613. The molecular weight excluding hydrogens is 372 g/mol. The number of esters is 1. The molecule has 3 rings (SSSR count). The van der Waals surface area contributed by atoms with Crippen molar-refractivity contribution in [1.29, 1.82) is 0 Å². The SMILES string of the molecule is COC(=O)CC[C@H]1CN(Cc2ccc(OC)cc2OC)CC[C@H]1N1CCOCC1. The number of methoxy groups -OCH3 is 3. The maximum absolute atomic E-state index is 11.8. The Labute approximate surface area is 173 Å². The van der Waals surface area contributed by atoms with Crippen LogP contribution in [0.1, 0.15) is 24.8 Å². The Morgan fingerprint density at radius 3 is 2.62 bits per heavy atom. The summed E-state index contributed by atoms with van der Waals surface area (Å²) in [6, 6.07) is 6.49. The highest BCUT2D eigenvalue weighted by Crippen LogP contribution is 2.31. The Kier molecular flexibility index (Phi) is 8.15. The lowest BCUT2D eigenvalue weighted by Crippen LogP contribution is -2.53. The number of benzene rings is 1. The van der Waals surface area contributed by atoms with E-state index in [0.717, 1.165) is 75.8 Å². The van der Waals surface area contributed by atoms with Crippen LogP contribution in [0.3, 0.4) is 0 Å². The number of nitrogens with zero attached hydrogens (tertiary/aromatic N) is 2. The number of rotatable bonds is 8. The lowest BCUT2D eigenvalue weighted by atomic mass is 9.86. The normalized spacial score (nSPS) is 23.6. The Morgan fingerprint density at radius 2 is 1.93 bits per heavy atom. The summed E-state index contributed by atoms with van der Waals surface area (Å²) in [7, 11) is 4.82. The van der Waals surface area contributed by atoms with Crippen LogP contribution in [0.25, 0.3) is 0 Å². The molecule has 0 bridgehead atoms. The van der Waals surface area contributed by atoms with Crippen molar-refractivity contribution in [3.63, 3.8) is 0 Å². The van der Waals surface area contributed by atoms with Gasteiger partial charge in [0.2, 0.25) is 0 Å². The van der Waals surface area contributed by atoms with Gasteiger partial charge in [-0.3, -0.25) is 14.6 Å². The summed E-state index contributed by atoms with van der Waals surface area (Å²) in [5, 5.41) is 0. The van der Waals surface area contributed by atoms with E-state index in [0.29, 0.717) is 18.4 Å². The molecule has 2 fully saturated rings. The summed E-state index contributed by atoms with van der Waals surface area (Å²) in [4.78, 5) is 16.8. The van der Waals surface area contributed by atoms with Gasteiger partial charge in [0.15, 0.2) is 0 Å². The standard InChI is InChI=1S/C22H34N2O5/c1-26-19-6-4-18(21(14-19)27-2)16-23-9-8-20(24-10-12-29-13-11-24)17(15-23)5-7-22(25)28-3/h4,6,14,17,20H,5,7-13,15-16H2,1-3H3/t17-,20+/m0/s1. The van der Waals surface area contributed by atoms with Gasteiger partial charge in [-0.05, 0) is 31.4 Å². The van der Waals surface area contributed by atoms with Crippen molar-refractivity contribution in [2.75, 3.05) is 60.7 Å². The minimum absolute atomic E-state index is 0.125. The largest absolute Gasteiger partial charge is 0.497 e. The molecule has 2 aliphatic rings. The van der Waals surface area contributed by atoms with E-state index in [4.69, 9.17) is 18.9 Å². The lowest BCUT2D eigenvalue weighted by molar-refractivity contribution is -0.141. The van der Waals surface area contributed by atoms with Gasteiger partial charge >= 0.3 is 5.97 Å². The van der Waals surface area contributed by atoms with E-state index in [9.17, 15) is 4.79 Å². The molecule has 1 aromatic carbocycles. The first kappa shape index (κ1) is 21.9. The molecule has 0 aromatic heterocycles. The average Bonchev–Trinajstić information content (AvgIpc) is 2.78. The Bertz CT molecular complexity index is 663. The van der Waals surface area contributed by atoms with Gasteiger partial charge in [0.1, 0.15) is 11.5 Å². The molecule has 0 radical (unpaired) electrons. The number of piperidine rings is 1. The molecule has 7 nitrogen and oxygen atoms in total. The van der Waals surface area contributed by atoms with Crippen LogP contribution in [0.2, 0.25) is 0 Å². The zero-order valence-electron chi connectivity index (χ0n) is 17.9. The van der Waals surface area contributed by atoms with Crippen molar-refractivity contribution < 1.29 is 23.7 Å². The van der Waals surface area contributed by atoms with Crippen molar-refractivity contribution in [2.45, 2.75) is 31.8 Å². The summed E-state index contributed by atoms with van der Waals surface area (Å²) >= 11 is 0. The fraction of sp³-hybridized carbons (Fsp3) is 0.682. The molecule has 0 saturated carbocycles. The van der Waals surface area contributed by atoms with E-state index < -0.39 is 0 Å². The molecule has 0 aliphatic carbocycles. The van der Waals surface area contributed by atoms with Crippen molar-refractivity contribution in [3.8, 4) is 11.5 Å². The minimum atomic E-state index is -0.125. The number of ether oxygens (including phenoxy) is 4. The second-order valence-corrected chi connectivity index (χ2v) is 7.79. The van der Waals surface area contributed by atoms with Crippen LogP contribution in [-0.4, -0.2) is 82.5 Å². The van der Waals surface area contributed by atoms with Crippen LogP contribution in [0, 0.1) is 5.92 Å². The second-order valence-electron chi connectivity index (χ2n) is 7.79. The van der Waals surface area contributed by atoms with Crippen LogP contribution >= 0.6 is 0 Å². The monoisotopic (exact) mass is 406 g/mol. The van der Waals surface area contributed by atoms with E-state index >= 15 is 0 Å². The molecule has 0 spiro atoms. The maximum Gasteiger partial charge on any atom is 0.305 e. The molecule has 0 N–H and O–H groups in total. The van der Waals surface area contributed by atoms with Crippen LogP contribution in [0.5, 0.6) is 11.5 Å². The van der Waals surface area contributed by atoms with E-state index in [2.05, 4.69) is 15.9 Å². The predicted octanol–water partition coefficient (Wildman–Crippen LogP) is 2.18. The fourth-order valence-corrected chi connectivity index (χ4v) is 4.54. The molecule has 0 amide bonds. The Hall–Kier alpha value is -1.83. The predicted molar refractivity (Wildman–Crippen MR) is 110 cm³/mol. The summed E-state index contributed by atoms with van der Waals surface area (Å²) in [6.07, 6.45) is 2.43. The first-order valence-corrected chi connectivity index (χ1v) is 10.5. The van der Waals surface area contributed by atoms with Gasteiger partial charge in [0.25, 0.3) is 0 Å². The summed E-state index contributed by atoms with van der Waals surface area (Å²) in [5.74, 6) is 1.96. The zero-order chi connectivity index (χ0) is 20.6. The molecule has 2 atom stereocenters. The van der Waals surface area contributed by atoms with E-state index in [1.807, 2.05) is 12.1 Å². The number of hydrogen-bond acceptors (Lipinski definition) is 7. The molecule has 2 saturated heterocycles. The molecule has 2 aliphatic heterocycles. The van der Waals surface area contributed by atoms with Crippen molar-refractivity contribution in [1.82, 2.24) is 9.80 Å². The highest BCUT2D eigenvalue weighted by Gasteiger charge is 2.34. The van der Waals surface area contributed by atoms with Crippen molar-refractivity contribution in [3.05, 3.63) is 23.8 Å². The molecule has 162 valence electrons. The maximum atomic E-state index is 11.8. The first-order chi connectivity index (χ1) is 14.1. The van der Waals surface area contributed by atoms with Gasteiger partial charge in [-0.25, -0.2) is 0 Å². The van der Waals surface area contributed by atoms with Crippen LogP contribution in [0.15, 0.2) is 18.2 Å². The van der Waals surface area contributed by atoms with Crippen molar-refractivity contribution in [2.24, 2.45) is 5.92 Å². The molecule has 2 heterocycles. The minimum Gasteiger partial charge on any atom is -0.497 e.